The number of hydrogen-bond donors (Lipinski definition) is 2. The molecule has 0 aromatic heterocycles. The number of rotatable bonds is 6. The van der Waals surface area contributed by atoms with Crippen molar-refractivity contribution in [1.82, 2.24) is 10.2 Å². The van der Waals surface area contributed by atoms with Gasteiger partial charge >= 0.3 is 5.97 Å². The molecule has 0 radical (unpaired) electrons. The molecule has 2 fully saturated rings. The van der Waals surface area contributed by atoms with Crippen LogP contribution in [0.5, 0.6) is 5.75 Å². The molecule has 0 saturated carbocycles. The quantitative estimate of drug-likeness (QED) is 0.363. The molecule has 11 heteroatoms. The van der Waals surface area contributed by atoms with Gasteiger partial charge < -0.3 is 34.4 Å². The van der Waals surface area contributed by atoms with Crippen LogP contribution in [0.15, 0.2) is 78.9 Å². The van der Waals surface area contributed by atoms with Crippen molar-refractivity contribution in [1.29, 1.82) is 0 Å². The van der Waals surface area contributed by atoms with Gasteiger partial charge in [-0.2, -0.15) is 0 Å². The maximum absolute atomic E-state index is 14.7. The summed E-state index contributed by atoms with van der Waals surface area (Å²) in [6.45, 7) is 3.64. The van der Waals surface area contributed by atoms with Crippen LogP contribution >= 0.6 is 0 Å². The molecule has 1 spiro atoms. The summed E-state index contributed by atoms with van der Waals surface area (Å²) in [6, 6.07) is 14.3. The predicted octanol–water partition coefficient (Wildman–Crippen LogP) is 2.95. The molecule has 3 amide bonds. The van der Waals surface area contributed by atoms with Gasteiger partial charge in [-0.25, -0.2) is 0 Å². The van der Waals surface area contributed by atoms with E-state index in [2.05, 4.69) is 5.32 Å². The van der Waals surface area contributed by atoms with Crippen molar-refractivity contribution in [2.45, 2.75) is 56.6 Å². The Morgan fingerprint density at radius 3 is 2.45 bits per heavy atom. The van der Waals surface area contributed by atoms with Gasteiger partial charge in [-0.15, -0.1) is 0 Å². The Morgan fingerprint density at radius 2 is 1.77 bits per heavy atom. The van der Waals surface area contributed by atoms with E-state index < -0.39 is 53.6 Å². The van der Waals surface area contributed by atoms with Gasteiger partial charge in [0, 0.05) is 18.7 Å². The van der Waals surface area contributed by atoms with Crippen molar-refractivity contribution in [3.8, 4) is 5.75 Å². The number of aliphatic hydroxyl groups is 1. The summed E-state index contributed by atoms with van der Waals surface area (Å²) in [5.74, 6) is -3.46. The third kappa shape index (κ3) is 5.82. The van der Waals surface area contributed by atoms with Crippen LogP contribution in [0.2, 0.25) is 0 Å². The summed E-state index contributed by atoms with van der Waals surface area (Å²) >= 11 is 0. The molecule has 11 nitrogen and oxygen atoms in total. The van der Waals surface area contributed by atoms with E-state index in [0.717, 1.165) is 0 Å². The largest absolute Gasteiger partial charge is 0.497 e. The van der Waals surface area contributed by atoms with Gasteiger partial charge in [-0.3, -0.25) is 19.2 Å². The minimum atomic E-state index is -1.52. The van der Waals surface area contributed by atoms with Crippen LogP contribution in [0.1, 0.15) is 38.4 Å². The fourth-order valence-electron chi connectivity index (χ4n) is 7.32. The highest BCUT2D eigenvalue weighted by molar-refractivity contribution is 6.05. The second-order valence-corrected chi connectivity index (χ2v) is 12.7. The first-order chi connectivity index (χ1) is 22.7. The summed E-state index contributed by atoms with van der Waals surface area (Å²) in [6.07, 6.45) is 5.92. The number of esters is 1. The third-order valence-corrected chi connectivity index (χ3v) is 9.68. The number of aliphatic hydroxyl groups excluding tert-OH is 1. The van der Waals surface area contributed by atoms with Gasteiger partial charge in [0.25, 0.3) is 5.91 Å². The Labute approximate surface area is 274 Å². The molecule has 4 aliphatic rings. The van der Waals surface area contributed by atoms with E-state index in [1.54, 1.807) is 60.6 Å². The number of allylic oxidation sites excluding steroid dienone is 1. The molecule has 2 N–H and O–H groups in total. The number of amides is 3. The van der Waals surface area contributed by atoms with Crippen molar-refractivity contribution in [3.63, 3.8) is 0 Å². The molecule has 248 valence electrons. The highest BCUT2D eigenvalue weighted by Gasteiger charge is 2.72. The van der Waals surface area contributed by atoms with Crippen LogP contribution in [-0.4, -0.2) is 84.3 Å². The Bertz CT molecular complexity index is 1560. The number of hydrogen-bond acceptors (Lipinski definition) is 8. The van der Waals surface area contributed by atoms with Gasteiger partial charge in [0.05, 0.1) is 38.3 Å². The van der Waals surface area contributed by atoms with Crippen LogP contribution in [0.3, 0.4) is 0 Å². The van der Waals surface area contributed by atoms with E-state index in [9.17, 15) is 24.3 Å². The summed E-state index contributed by atoms with van der Waals surface area (Å²) < 4.78 is 18.2. The zero-order valence-corrected chi connectivity index (χ0v) is 26.8. The van der Waals surface area contributed by atoms with E-state index in [-0.39, 0.29) is 43.8 Å². The highest BCUT2D eigenvalue weighted by Crippen LogP contribution is 2.54. The first-order valence-electron chi connectivity index (χ1n) is 16.1. The second kappa shape index (κ2) is 13.3. The lowest BCUT2D eigenvalue weighted by atomic mass is 9.77. The lowest BCUT2D eigenvalue weighted by molar-refractivity contribution is -0.160. The number of ether oxygens (including phenoxy) is 3. The maximum atomic E-state index is 14.7. The number of carbonyl (C=O) groups excluding carboxylic acids is 4. The Kier molecular flexibility index (Phi) is 9.20. The van der Waals surface area contributed by atoms with Gasteiger partial charge in [-0.05, 0) is 42.2 Å². The number of nitrogens with zero attached hydrogens (tertiary/aromatic N) is 2. The van der Waals surface area contributed by atoms with Gasteiger partial charge in [0.15, 0.2) is 0 Å². The van der Waals surface area contributed by atoms with Crippen molar-refractivity contribution < 1.29 is 38.5 Å². The molecule has 4 heterocycles. The molecule has 2 aromatic rings. The molecule has 2 aromatic carbocycles. The maximum Gasteiger partial charge on any atom is 0.313 e. The first kappa shape index (κ1) is 32.5. The average Bonchev–Trinajstić information content (AvgIpc) is 3.46. The number of cyclic esters (lactones) is 1. The third-order valence-electron chi connectivity index (χ3n) is 9.68. The fraction of sp³-hybridized carbons (Fsp3) is 0.444. The topological polar surface area (TPSA) is 135 Å². The molecule has 0 bridgehead atoms. The van der Waals surface area contributed by atoms with Crippen LogP contribution in [0.4, 0.5) is 5.69 Å². The average molecular weight is 644 g/mol. The van der Waals surface area contributed by atoms with Crippen molar-refractivity contribution >= 4 is 29.4 Å². The summed E-state index contributed by atoms with van der Waals surface area (Å²) in [5, 5.41) is 13.4. The number of likely N-dealkylation sites (tertiary alicyclic amines) is 1. The Hall–Kier alpha value is -4.48. The number of fused-ring (bicyclic) bond motifs is 2. The number of nitrogens with one attached hydrogen (secondary N) is 1. The summed E-state index contributed by atoms with van der Waals surface area (Å²) in [5.41, 5.74) is -0.228. The molecule has 0 aliphatic carbocycles. The normalized spacial score (nSPS) is 30.7. The van der Waals surface area contributed by atoms with Crippen LogP contribution in [0.25, 0.3) is 0 Å². The molecule has 7 atom stereocenters. The number of methoxy groups -OCH3 is 1. The summed E-state index contributed by atoms with van der Waals surface area (Å²) in [7, 11) is 1.56. The fourth-order valence-corrected chi connectivity index (χ4v) is 7.32. The molecule has 0 unspecified atom stereocenters. The van der Waals surface area contributed by atoms with Crippen LogP contribution in [-0.2, 0) is 28.7 Å². The van der Waals surface area contributed by atoms with Crippen molar-refractivity contribution in [2.24, 2.45) is 17.8 Å². The number of anilines is 1. The minimum Gasteiger partial charge on any atom is -0.497 e. The van der Waals surface area contributed by atoms with Gasteiger partial charge in [0.2, 0.25) is 11.8 Å². The number of benzene rings is 2. The zero-order valence-electron chi connectivity index (χ0n) is 26.8. The zero-order chi connectivity index (χ0) is 33.3. The molecule has 2 saturated heterocycles. The monoisotopic (exact) mass is 643 g/mol. The van der Waals surface area contributed by atoms with Gasteiger partial charge in [0.1, 0.15) is 29.4 Å². The minimum absolute atomic E-state index is 0.0597. The van der Waals surface area contributed by atoms with Gasteiger partial charge in [-0.1, -0.05) is 68.5 Å². The standard InChI is InChI=1S/C36H41N3O8/c1-22(2)26(21-40)39-32-34(43)38(24-14-16-25(45-3)17-15-24)19-9-18-36(32)31(33(39)42)30-27(47-36)12-7-8-13-29(41)37-20-28(46-35(30)44)23-10-5-4-6-11-23/h4-7,9-12,14-18,22,26-28,30-32,40H,8,13,19-21H2,1-3H3,(H,37,41)/b12-7-/t26-,27+,28-,30-,31-,32+,36-/m0/s1. The molecule has 6 rings (SSSR count). The Balaban J connectivity index is 1.45. The van der Waals surface area contributed by atoms with E-state index in [4.69, 9.17) is 14.2 Å². The van der Waals surface area contributed by atoms with E-state index in [1.165, 1.54) is 4.90 Å². The predicted molar refractivity (Wildman–Crippen MR) is 172 cm³/mol. The lowest BCUT2D eigenvalue weighted by Crippen LogP contribution is -2.59. The van der Waals surface area contributed by atoms with Crippen LogP contribution < -0.4 is 15.0 Å². The van der Waals surface area contributed by atoms with Crippen LogP contribution in [0, 0.1) is 17.8 Å². The Morgan fingerprint density at radius 1 is 1.02 bits per heavy atom. The summed E-state index contributed by atoms with van der Waals surface area (Å²) in [4.78, 5) is 59.4. The first-order valence-corrected chi connectivity index (χ1v) is 16.1. The van der Waals surface area contributed by atoms with Crippen molar-refractivity contribution in [3.05, 3.63) is 84.5 Å². The smallest absolute Gasteiger partial charge is 0.313 e. The van der Waals surface area contributed by atoms with E-state index in [0.29, 0.717) is 23.4 Å². The molecule has 47 heavy (non-hydrogen) atoms. The van der Waals surface area contributed by atoms with Crippen molar-refractivity contribution in [2.75, 3.05) is 31.7 Å². The van der Waals surface area contributed by atoms with E-state index in [1.807, 2.05) is 44.2 Å². The SMILES string of the molecule is COc1ccc(N2CC=C[C@]34O[C@@H]5/C=C\CCC(=O)NC[C@@H](c6ccccc6)OC(=O)[C@@H]5[C@H]3C(=O)N([C@@H](CO)C(C)C)[C@@H]4C2=O)cc1. The molecular weight excluding hydrogens is 602 g/mol. The highest BCUT2D eigenvalue weighted by atomic mass is 16.6. The second-order valence-electron chi connectivity index (χ2n) is 12.7. The number of carbonyl (C=O) groups is 4. The van der Waals surface area contributed by atoms with E-state index >= 15 is 0 Å². The molecular formula is C36H41N3O8. The lowest BCUT2D eigenvalue weighted by Gasteiger charge is -2.39. The molecule has 4 aliphatic heterocycles.